The number of aromatic nitrogens is 1. The van der Waals surface area contributed by atoms with E-state index >= 15 is 0 Å². The van der Waals surface area contributed by atoms with E-state index in [0.717, 1.165) is 12.0 Å². The molecule has 0 aliphatic rings. The van der Waals surface area contributed by atoms with Crippen molar-refractivity contribution in [2.24, 2.45) is 7.05 Å². The Morgan fingerprint density at radius 1 is 1.35 bits per heavy atom. The number of nitrogens with zero attached hydrogens (tertiary/aromatic N) is 1. The number of para-hydroxylation sites is 1. The summed E-state index contributed by atoms with van der Waals surface area (Å²) in [4.78, 5) is 11.6. The molecule has 5 heteroatoms. The Kier molecular flexibility index (Phi) is 4.76. The van der Waals surface area contributed by atoms with E-state index in [1.165, 1.54) is 12.1 Å². The lowest BCUT2D eigenvalue weighted by molar-refractivity contribution is -0.123. The van der Waals surface area contributed by atoms with Crippen LogP contribution < -0.4 is 10.1 Å². The van der Waals surface area contributed by atoms with Gasteiger partial charge in [0.05, 0.1) is 0 Å². The molecule has 1 N–H and O–H groups in total. The van der Waals surface area contributed by atoms with Gasteiger partial charge in [0.1, 0.15) is 0 Å². The van der Waals surface area contributed by atoms with Gasteiger partial charge in [-0.2, -0.15) is 0 Å². The van der Waals surface area contributed by atoms with Gasteiger partial charge in [-0.1, -0.05) is 12.1 Å². The Labute approximate surface area is 117 Å². The quantitative estimate of drug-likeness (QED) is 0.875. The first kappa shape index (κ1) is 14.1. The lowest BCUT2D eigenvalue weighted by Gasteiger charge is -2.07. The summed E-state index contributed by atoms with van der Waals surface area (Å²) in [6.07, 6.45) is 4.72. The standard InChI is InChI=1S/C15H17FN2O2/c1-18-9-7-12(10-18)6-8-17-15(19)11-20-14-5-3-2-4-13(14)16/h2-5,7,9-10H,6,8,11H2,1H3,(H,17,19). The first-order valence-corrected chi connectivity index (χ1v) is 6.40. The monoisotopic (exact) mass is 276 g/mol. The van der Waals surface area contributed by atoms with Crippen molar-refractivity contribution in [2.45, 2.75) is 6.42 Å². The number of carbonyl (C=O) groups excluding carboxylic acids is 1. The van der Waals surface area contributed by atoms with Crippen LogP contribution in [0.2, 0.25) is 0 Å². The van der Waals surface area contributed by atoms with Gasteiger partial charge in [-0.15, -0.1) is 0 Å². The fourth-order valence-corrected chi connectivity index (χ4v) is 1.81. The zero-order valence-electron chi connectivity index (χ0n) is 11.3. The van der Waals surface area contributed by atoms with Gasteiger partial charge in [0.2, 0.25) is 0 Å². The molecule has 0 saturated heterocycles. The van der Waals surface area contributed by atoms with Crippen molar-refractivity contribution in [3.05, 3.63) is 54.1 Å². The van der Waals surface area contributed by atoms with Crippen LogP contribution in [-0.4, -0.2) is 23.6 Å². The topological polar surface area (TPSA) is 43.3 Å². The van der Waals surface area contributed by atoms with Crippen LogP contribution in [0.5, 0.6) is 5.75 Å². The minimum atomic E-state index is -0.468. The zero-order chi connectivity index (χ0) is 14.4. The van der Waals surface area contributed by atoms with E-state index in [9.17, 15) is 9.18 Å². The minimum absolute atomic E-state index is 0.0886. The Hall–Kier alpha value is -2.30. The largest absolute Gasteiger partial charge is 0.481 e. The number of hydrogen-bond donors (Lipinski definition) is 1. The average molecular weight is 276 g/mol. The second-order valence-corrected chi connectivity index (χ2v) is 4.50. The highest BCUT2D eigenvalue weighted by Crippen LogP contribution is 2.14. The summed E-state index contributed by atoms with van der Waals surface area (Å²) in [5.74, 6) is -0.639. The Bertz CT molecular complexity index is 581. The van der Waals surface area contributed by atoms with Gasteiger partial charge >= 0.3 is 0 Å². The lowest BCUT2D eigenvalue weighted by atomic mass is 10.2. The van der Waals surface area contributed by atoms with Crippen LogP contribution in [0.4, 0.5) is 4.39 Å². The highest BCUT2D eigenvalue weighted by atomic mass is 19.1. The molecule has 0 radical (unpaired) electrons. The minimum Gasteiger partial charge on any atom is -0.481 e. The second kappa shape index (κ2) is 6.75. The van der Waals surface area contributed by atoms with E-state index in [1.54, 1.807) is 12.1 Å². The van der Waals surface area contributed by atoms with Crippen LogP contribution in [0.3, 0.4) is 0 Å². The summed E-state index contributed by atoms with van der Waals surface area (Å²) in [6.45, 7) is 0.346. The van der Waals surface area contributed by atoms with E-state index in [2.05, 4.69) is 5.32 Å². The third kappa shape index (κ3) is 4.12. The van der Waals surface area contributed by atoms with Crippen molar-refractivity contribution in [1.82, 2.24) is 9.88 Å². The average Bonchev–Trinajstić information content (AvgIpc) is 2.83. The molecule has 0 bridgehead atoms. The summed E-state index contributed by atoms with van der Waals surface area (Å²) >= 11 is 0. The van der Waals surface area contributed by atoms with Gasteiger partial charge in [0.15, 0.2) is 18.2 Å². The van der Waals surface area contributed by atoms with E-state index in [-0.39, 0.29) is 18.3 Å². The Morgan fingerprint density at radius 2 is 2.15 bits per heavy atom. The number of amides is 1. The molecular formula is C15H17FN2O2. The number of rotatable bonds is 6. The molecular weight excluding hydrogens is 259 g/mol. The van der Waals surface area contributed by atoms with Crippen LogP contribution in [0.1, 0.15) is 5.56 Å². The number of ether oxygens (including phenoxy) is 1. The summed E-state index contributed by atoms with van der Waals surface area (Å²) in [6, 6.07) is 8.02. The predicted molar refractivity (Wildman–Crippen MR) is 74.0 cm³/mol. The lowest BCUT2D eigenvalue weighted by Crippen LogP contribution is -2.30. The number of carbonyl (C=O) groups is 1. The number of hydrogen-bond acceptors (Lipinski definition) is 2. The third-order valence-corrected chi connectivity index (χ3v) is 2.82. The predicted octanol–water partition coefficient (Wildman–Crippen LogP) is 1.90. The Morgan fingerprint density at radius 3 is 2.85 bits per heavy atom. The molecule has 106 valence electrons. The molecule has 0 aliphatic carbocycles. The normalized spacial score (nSPS) is 10.3. The molecule has 0 unspecified atom stereocenters. The van der Waals surface area contributed by atoms with Crippen LogP contribution in [0, 0.1) is 5.82 Å². The van der Waals surface area contributed by atoms with Crippen LogP contribution in [0.15, 0.2) is 42.7 Å². The maximum absolute atomic E-state index is 13.3. The fraction of sp³-hybridized carbons (Fsp3) is 0.267. The molecule has 2 rings (SSSR count). The molecule has 20 heavy (non-hydrogen) atoms. The molecule has 1 amide bonds. The molecule has 1 aromatic carbocycles. The van der Waals surface area contributed by atoms with Crippen molar-refractivity contribution in [1.29, 1.82) is 0 Å². The molecule has 4 nitrogen and oxygen atoms in total. The summed E-state index contributed by atoms with van der Waals surface area (Å²) < 4.78 is 20.3. The second-order valence-electron chi connectivity index (χ2n) is 4.50. The maximum Gasteiger partial charge on any atom is 0.257 e. The molecule has 0 fully saturated rings. The van der Waals surface area contributed by atoms with Crippen LogP contribution >= 0.6 is 0 Å². The third-order valence-electron chi connectivity index (χ3n) is 2.82. The Balaban J connectivity index is 1.69. The van der Waals surface area contributed by atoms with Gasteiger partial charge in [-0.05, 0) is 30.2 Å². The first-order chi connectivity index (χ1) is 9.65. The summed E-state index contributed by atoms with van der Waals surface area (Å²) in [5, 5.41) is 2.73. The van der Waals surface area contributed by atoms with Gasteiger partial charge in [-0.25, -0.2) is 4.39 Å². The molecule has 0 saturated carbocycles. The van der Waals surface area contributed by atoms with Crippen LogP contribution in [0.25, 0.3) is 0 Å². The first-order valence-electron chi connectivity index (χ1n) is 6.40. The number of nitrogens with one attached hydrogen (secondary N) is 1. The van der Waals surface area contributed by atoms with E-state index in [4.69, 9.17) is 4.74 Å². The molecule has 0 aliphatic heterocycles. The molecule has 1 heterocycles. The van der Waals surface area contributed by atoms with Crippen molar-refractivity contribution >= 4 is 5.91 Å². The van der Waals surface area contributed by atoms with Crippen molar-refractivity contribution in [3.63, 3.8) is 0 Å². The van der Waals surface area contributed by atoms with Crippen LogP contribution in [-0.2, 0) is 18.3 Å². The molecule has 0 atom stereocenters. The smallest absolute Gasteiger partial charge is 0.257 e. The van der Waals surface area contributed by atoms with E-state index in [0.29, 0.717) is 6.54 Å². The van der Waals surface area contributed by atoms with E-state index < -0.39 is 5.82 Å². The molecule has 0 spiro atoms. The molecule has 1 aromatic heterocycles. The fourth-order valence-electron chi connectivity index (χ4n) is 1.81. The SMILES string of the molecule is Cn1ccc(CCNC(=O)COc2ccccc2F)c1. The summed E-state index contributed by atoms with van der Waals surface area (Å²) in [5.41, 5.74) is 1.16. The van der Waals surface area contributed by atoms with Crippen molar-refractivity contribution in [2.75, 3.05) is 13.2 Å². The van der Waals surface area contributed by atoms with Gasteiger partial charge in [0, 0.05) is 26.0 Å². The van der Waals surface area contributed by atoms with Crippen molar-refractivity contribution < 1.29 is 13.9 Å². The highest BCUT2D eigenvalue weighted by Gasteiger charge is 2.05. The van der Waals surface area contributed by atoms with Gasteiger partial charge < -0.3 is 14.6 Å². The zero-order valence-corrected chi connectivity index (χ0v) is 11.3. The van der Waals surface area contributed by atoms with Crippen molar-refractivity contribution in [3.8, 4) is 5.75 Å². The maximum atomic E-state index is 13.3. The number of benzene rings is 1. The summed E-state index contributed by atoms with van der Waals surface area (Å²) in [7, 11) is 1.95. The number of aryl methyl sites for hydroxylation is 1. The highest BCUT2D eigenvalue weighted by molar-refractivity contribution is 5.77. The van der Waals surface area contributed by atoms with Gasteiger partial charge in [0.25, 0.3) is 5.91 Å². The molecule has 2 aromatic rings. The number of halogens is 1. The van der Waals surface area contributed by atoms with Gasteiger partial charge in [-0.3, -0.25) is 4.79 Å². The van der Waals surface area contributed by atoms with E-state index in [1.807, 2.05) is 30.1 Å².